The molecule has 3 fully saturated rings. The number of hydrogen-bond donors (Lipinski definition) is 1. The summed E-state index contributed by atoms with van der Waals surface area (Å²) in [6.45, 7) is 9.60. The van der Waals surface area contributed by atoms with E-state index < -0.39 is 0 Å². The molecule has 1 aromatic rings. The van der Waals surface area contributed by atoms with Crippen LogP contribution in [0.4, 0.5) is 5.69 Å². The molecule has 0 bridgehead atoms. The van der Waals surface area contributed by atoms with Gasteiger partial charge in [-0.05, 0) is 63.3 Å². The van der Waals surface area contributed by atoms with Crippen LogP contribution in [0.25, 0.3) is 0 Å². The first-order valence-electron chi connectivity index (χ1n) is 11.7. The van der Waals surface area contributed by atoms with Crippen molar-refractivity contribution in [3.63, 3.8) is 0 Å². The Morgan fingerprint density at radius 2 is 1.83 bits per heavy atom. The summed E-state index contributed by atoms with van der Waals surface area (Å²) < 4.78 is 0. The molecule has 30 heavy (non-hydrogen) atoms. The monoisotopic (exact) mass is 412 g/mol. The van der Waals surface area contributed by atoms with Crippen LogP contribution in [0.15, 0.2) is 24.3 Å². The molecule has 1 saturated carbocycles. The molecule has 0 aromatic heterocycles. The summed E-state index contributed by atoms with van der Waals surface area (Å²) in [6.07, 6.45) is 4.90. The molecule has 1 aliphatic carbocycles. The van der Waals surface area contributed by atoms with E-state index in [1.54, 1.807) is 0 Å². The van der Waals surface area contributed by atoms with Crippen LogP contribution in [0.3, 0.4) is 0 Å². The van der Waals surface area contributed by atoms with Gasteiger partial charge in [-0.3, -0.25) is 14.5 Å². The topological polar surface area (TPSA) is 55.9 Å². The lowest BCUT2D eigenvalue weighted by Crippen LogP contribution is -2.47. The van der Waals surface area contributed by atoms with Crippen LogP contribution in [-0.2, 0) is 9.59 Å². The van der Waals surface area contributed by atoms with E-state index in [0.29, 0.717) is 6.54 Å². The van der Waals surface area contributed by atoms with Gasteiger partial charge in [-0.25, -0.2) is 0 Å². The SMILES string of the molecule is Cc1cccc(N2CCN(CCCNC(=O)C3CCCN(C(=O)C4CC4)C3)CC2)c1. The van der Waals surface area contributed by atoms with Gasteiger partial charge in [0, 0.05) is 57.4 Å². The number of aryl methyl sites for hydroxylation is 1. The van der Waals surface area contributed by atoms with E-state index in [1.807, 2.05) is 4.90 Å². The van der Waals surface area contributed by atoms with Crippen molar-refractivity contribution in [2.45, 2.75) is 39.0 Å². The molecular weight excluding hydrogens is 376 g/mol. The van der Waals surface area contributed by atoms with Crippen molar-refractivity contribution in [3.05, 3.63) is 29.8 Å². The highest BCUT2D eigenvalue weighted by Crippen LogP contribution is 2.32. The Balaban J connectivity index is 1.12. The highest BCUT2D eigenvalue weighted by atomic mass is 16.2. The van der Waals surface area contributed by atoms with Crippen LogP contribution in [-0.4, -0.2) is 74.0 Å². The number of benzene rings is 1. The third kappa shape index (κ3) is 5.54. The van der Waals surface area contributed by atoms with Crippen molar-refractivity contribution < 1.29 is 9.59 Å². The van der Waals surface area contributed by atoms with E-state index in [4.69, 9.17) is 0 Å². The van der Waals surface area contributed by atoms with E-state index in [-0.39, 0.29) is 23.7 Å². The minimum absolute atomic E-state index is 0.0284. The Morgan fingerprint density at radius 3 is 2.57 bits per heavy atom. The summed E-state index contributed by atoms with van der Waals surface area (Å²) in [6, 6.07) is 8.73. The summed E-state index contributed by atoms with van der Waals surface area (Å²) in [5.41, 5.74) is 2.63. The third-order valence-corrected chi connectivity index (χ3v) is 6.72. The number of nitrogens with one attached hydrogen (secondary N) is 1. The van der Waals surface area contributed by atoms with Crippen LogP contribution in [0.1, 0.15) is 37.7 Å². The highest BCUT2D eigenvalue weighted by molar-refractivity contribution is 5.83. The molecule has 0 radical (unpaired) electrons. The summed E-state index contributed by atoms with van der Waals surface area (Å²) in [7, 11) is 0. The van der Waals surface area contributed by atoms with Crippen LogP contribution in [0, 0.1) is 18.8 Å². The van der Waals surface area contributed by atoms with Crippen molar-refractivity contribution in [3.8, 4) is 0 Å². The molecule has 2 amide bonds. The second-order valence-electron chi connectivity index (χ2n) is 9.21. The largest absolute Gasteiger partial charge is 0.369 e. The predicted molar refractivity (Wildman–Crippen MR) is 119 cm³/mol. The van der Waals surface area contributed by atoms with Crippen molar-refractivity contribution in [2.24, 2.45) is 11.8 Å². The number of carbonyl (C=O) groups is 2. The molecule has 164 valence electrons. The van der Waals surface area contributed by atoms with E-state index >= 15 is 0 Å². The Morgan fingerprint density at radius 1 is 1.03 bits per heavy atom. The van der Waals surface area contributed by atoms with E-state index in [0.717, 1.165) is 77.9 Å². The number of amides is 2. The zero-order valence-electron chi connectivity index (χ0n) is 18.3. The molecule has 1 unspecified atom stereocenters. The number of nitrogens with zero attached hydrogens (tertiary/aromatic N) is 3. The molecular formula is C24H36N4O2. The lowest BCUT2D eigenvalue weighted by atomic mass is 9.96. The van der Waals surface area contributed by atoms with Crippen molar-refractivity contribution in [1.82, 2.24) is 15.1 Å². The summed E-state index contributed by atoms with van der Waals surface area (Å²) >= 11 is 0. The average Bonchev–Trinajstić information content (AvgIpc) is 3.62. The normalized spacial score (nSPS) is 22.8. The first-order chi connectivity index (χ1) is 14.6. The summed E-state index contributed by atoms with van der Waals surface area (Å²) in [5, 5.41) is 3.12. The summed E-state index contributed by atoms with van der Waals surface area (Å²) in [4.78, 5) is 31.7. The smallest absolute Gasteiger partial charge is 0.225 e. The van der Waals surface area contributed by atoms with Gasteiger partial charge in [-0.1, -0.05) is 12.1 Å². The van der Waals surface area contributed by atoms with E-state index in [1.165, 1.54) is 11.3 Å². The quantitative estimate of drug-likeness (QED) is 0.698. The zero-order valence-corrected chi connectivity index (χ0v) is 18.3. The van der Waals surface area contributed by atoms with Gasteiger partial charge in [0.05, 0.1) is 5.92 Å². The second-order valence-corrected chi connectivity index (χ2v) is 9.21. The number of carbonyl (C=O) groups excluding carboxylic acids is 2. The maximum atomic E-state index is 12.6. The van der Waals surface area contributed by atoms with Gasteiger partial charge in [-0.15, -0.1) is 0 Å². The van der Waals surface area contributed by atoms with Crippen LogP contribution in [0.2, 0.25) is 0 Å². The Labute approximate surface area is 180 Å². The molecule has 4 rings (SSSR count). The fourth-order valence-corrected chi connectivity index (χ4v) is 4.69. The number of likely N-dealkylation sites (tertiary alicyclic amines) is 1. The van der Waals surface area contributed by atoms with Gasteiger partial charge in [0.1, 0.15) is 0 Å². The Hall–Kier alpha value is -2.08. The molecule has 2 heterocycles. The second kappa shape index (κ2) is 9.82. The standard InChI is InChI=1S/C24H36N4O2/c1-19-5-2-7-22(17-19)27-15-13-26(14-16-27)11-4-10-25-23(29)21-6-3-12-28(18-21)24(30)20-8-9-20/h2,5,7,17,20-21H,3-4,6,8-16,18H2,1H3,(H,25,29). The molecule has 1 N–H and O–H groups in total. The number of hydrogen-bond acceptors (Lipinski definition) is 4. The molecule has 6 heteroatoms. The van der Waals surface area contributed by atoms with Gasteiger partial charge >= 0.3 is 0 Å². The molecule has 3 aliphatic rings. The minimum Gasteiger partial charge on any atom is -0.369 e. The van der Waals surface area contributed by atoms with Crippen molar-refractivity contribution in [2.75, 3.05) is 57.3 Å². The van der Waals surface area contributed by atoms with Gasteiger partial charge in [0.2, 0.25) is 11.8 Å². The van der Waals surface area contributed by atoms with Gasteiger partial charge in [-0.2, -0.15) is 0 Å². The Bertz CT molecular complexity index is 740. The number of piperazine rings is 1. The molecule has 2 aliphatic heterocycles. The van der Waals surface area contributed by atoms with Crippen LogP contribution in [0.5, 0.6) is 0 Å². The van der Waals surface area contributed by atoms with E-state index in [2.05, 4.69) is 46.3 Å². The van der Waals surface area contributed by atoms with Gasteiger partial charge < -0.3 is 15.1 Å². The van der Waals surface area contributed by atoms with Crippen LogP contribution < -0.4 is 10.2 Å². The number of piperidine rings is 1. The van der Waals surface area contributed by atoms with Crippen LogP contribution >= 0.6 is 0 Å². The van der Waals surface area contributed by atoms with Crippen molar-refractivity contribution in [1.29, 1.82) is 0 Å². The minimum atomic E-state index is -0.0284. The fraction of sp³-hybridized carbons (Fsp3) is 0.667. The summed E-state index contributed by atoms with van der Waals surface area (Å²) in [5.74, 6) is 0.627. The molecule has 1 aromatic carbocycles. The zero-order chi connectivity index (χ0) is 20.9. The first-order valence-corrected chi connectivity index (χ1v) is 11.7. The first kappa shape index (κ1) is 21.2. The molecule has 0 spiro atoms. The third-order valence-electron chi connectivity index (χ3n) is 6.72. The van der Waals surface area contributed by atoms with Gasteiger partial charge in [0.15, 0.2) is 0 Å². The predicted octanol–water partition coefficient (Wildman–Crippen LogP) is 2.27. The average molecular weight is 413 g/mol. The maximum absolute atomic E-state index is 12.6. The molecule has 1 atom stereocenters. The highest BCUT2D eigenvalue weighted by Gasteiger charge is 2.36. The lowest BCUT2D eigenvalue weighted by molar-refractivity contribution is -0.136. The van der Waals surface area contributed by atoms with Gasteiger partial charge in [0.25, 0.3) is 0 Å². The van der Waals surface area contributed by atoms with Crippen molar-refractivity contribution >= 4 is 17.5 Å². The Kier molecular flexibility index (Phi) is 6.93. The number of anilines is 1. The van der Waals surface area contributed by atoms with E-state index in [9.17, 15) is 9.59 Å². The fourth-order valence-electron chi connectivity index (χ4n) is 4.69. The lowest BCUT2D eigenvalue weighted by Gasteiger charge is -2.36. The number of rotatable bonds is 7. The molecule has 6 nitrogen and oxygen atoms in total. The maximum Gasteiger partial charge on any atom is 0.225 e. The molecule has 2 saturated heterocycles.